The van der Waals surface area contributed by atoms with Crippen LogP contribution in [0.3, 0.4) is 0 Å². The van der Waals surface area contributed by atoms with Crippen LogP contribution >= 0.6 is 0 Å². The van der Waals surface area contributed by atoms with Gasteiger partial charge in [0.05, 0.1) is 0 Å². The Bertz CT molecular complexity index is 638. The van der Waals surface area contributed by atoms with E-state index in [1.54, 1.807) is 0 Å². The lowest BCUT2D eigenvalue weighted by molar-refractivity contribution is -0.117. The topological polar surface area (TPSA) is 17.1 Å². The monoisotopic (exact) mass is 587 g/mol. The van der Waals surface area contributed by atoms with Crippen LogP contribution in [0.1, 0.15) is 198 Å². The Kier molecular flexibility index (Phi) is 26.0. The summed E-state index contributed by atoms with van der Waals surface area (Å²) in [6.45, 7) is 23.5. The van der Waals surface area contributed by atoms with Crippen LogP contribution in [-0.2, 0) is 4.79 Å². The van der Waals surface area contributed by atoms with Crippen molar-refractivity contribution < 1.29 is 4.79 Å². The molecule has 0 saturated heterocycles. The Morgan fingerprint density at radius 1 is 0.429 bits per heavy atom. The summed E-state index contributed by atoms with van der Waals surface area (Å²) >= 11 is 0. The summed E-state index contributed by atoms with van der Waals surface area (Å²) in [7, 11) is 0. The molecule has 0 rings (SSSR count). The molecule has 0 bridgehead atoms. The summed E-state index contributed by atoms with van der Waals surface area (Å²) in [5, 5.41) is 0. The van der Waals surface area contributed by atoms with Crippen LogP contribution in [0, 0.1) is 35.5 Å². The molecular weight excluding hydrogens is 508 g/mol. The van der Waals surface area contributed by atoms with Crippen molar-refractivity contribution >= 4 is 5.78 Å². The van der Waals surface area contributed by atoms with Gasteiger partial charge in [0.2, 0.25) is 0 Å². The quantitative estimate of drug-likeness (QED) is 0.0833. The molecule has 1 nitrogen and oxygen atoms in total. The van der Waals surface area contributed by atoms with Gasteiger partial charge < -0.3 is 0 Å². The van der Waals surface area contributed by atoms with Gasteiger partial charge in [-0.05, 0) is 75.0 Å². The second-order valence-electron chi connectivity index (χ2n) is 15.8. The average Bonchev–Trinajstić information content (AvgIpc) is 2.90. The summed E-state index contributed by atoms with van der Waals surface area (Å²) in [6.07, 6.45) is 29.7. The molecular formula is C41H78O. The highest BCUT2D eigenvalue weighted by Crippen LogP contribution is 2.24. The number of ketones is 1. The number of Topliss-reactive ketones (excluding diaryl/α,β-unsaturated/α-hetero) is 1. The minimum Gasteiger partial charge on any atom is -0.299 e. The molecule has 0 aliphatic rings. The zero-order valence-corrected chi connectivity index (χ0v) is 30.7. The van der Waals surface area contributed by atoms with Crippen LogP contribution in [-0.4, -0.2) is 5.78 Å². The molecule has 0 amide bonds. The first-order valence-corrected chi connectivity index (χ1v) is 18.7. The number of rotatable bonds is 28. The lowest BCUT2D eigenvalue weighted by Crippen LogP contribution is -2.00. The number of hydrogen-bond acceptors (Lipinski definition) is 1. The highest BCUT2D eigenvalue weighted by molar-refractivity contribution is 5.81. The van der Waals surface area contributed by atoms with E-state index >= 15 is 0 Å². The molecule has 0 aliphatic carbocycles. The van der Waals surface area contributed by atoms with Crippen molar-refractivity contribution in [2.75, 3.05) is 0 Å². The fraction of sp³-hybridized carbons (Fsp3) is 0.878. The van der Waals surface area contributed by atoms with Gasteiger partial charge >= 0.3 is 0 Å². The first-order valence-electron chi connectivity index (χ1n) is 18.7. The van der Waals surface area contributed by atoms with Crippen molar-refractivity contribution in [3.8, 4) is 0 Å². The van der Waals surface area contributed by atoms with Crippen LogP contribution < -0.4 is 0 Å². The van der Waals surface area contributed by atoms with Gasteiger partial charge in [0.25, 0.3) is 0 Å². The molecule has 248 valence electrons. The van der Waals surface area contributed by atoms with Crippen LogP contribution in [0.4, 0.5) is 0 Å². The Balaban J connectivity index is 3.93. The van der Waals surface area contributed by atoms with Gasteiger partial charge in [-0.15, -0.1) is 0 Å². The molecule has 0 aromatic carbocycles. The molecule has 0 saturated carbocycles. The SMILES string of the molecule is C/C(=C\CC(=O)C/C=C(\C)CCC[C@H](C)CCC[C@H](C)CCCC(C)C)CCC[C@@H](C)CCC[C@@H](C)CCCC(C)C. The molecule has 42 heavy (non-hydrogen) atoms. The summed E-state index contributed by atoms with van der Waals surface area (Å²) in [5.41, 5.74) is 2.79. The van der Waals surface area contributed by atoms with Crippen molar-refractivity contribution in [2.24, 2.45) is 35.5 Å². The first-order chi connectivity index (χ1) is 19.9. The van der Waals surface area contributed by atoms with Gasteiger partial charge in [-0.1, -0.05) is 169 Å². The van der Waals surface area contributed by atoms with Crippen LogP contribution in [0.5, 0.6) is 0 Å². The fourth-order valence-corrected chi connectivity index (χ4v) is 6.28. The number of carbonyl (C=O) groups excluding carboxylic acids is 1. The summed E-state index contributed by atoms with van der Waals surface area (Å²) < 4.78 is 0. The highest BCUT2D eigenvalue weighted by atomic mass is 16.1. The molecule has 1 heteroatoms. The van der Waals surface area contributed by atoms with E-state index in [4.69, 9.17) is 0 Å². The number of allylic oxidation sites excluding steroid dienone is 4. The van der Waals surface area contributed by atoms with Crippen molar-refractivity contribution in [3.63, 3.8) is 0 Å². The third-order valence-corrected chi connectivity index (χ3v) is 9.64. The molecule has 0 aliphatic heterocycles. The van der Waals surface area contributed by atoms with Gasteiger partial charge in [0, 0.05) is 12.8 Å². The zero-order chi connectivity index (χ0) is 31.8. The molecule has 0 N–H and O–H groups in total. The third-order valence-electron chi connectivity index (χ3n) is 9.64. The fourth-order valence-electron chi connectivity index (χ4n) is 6.28. The molecule has 0 heterocycles. The van der Waals surface area contributed by atoms with E-state index in [1.165, 1.54) is 114 Å². The second-order valence-corrected chi connectivity index (χ2v) is 15.8. The molecule has 4 atom stereocenters. The maximum absolute atomic E-state index is 12.5. The maximum Gasteiger partial charge on any atom is 0.140 e. The van der Waals surface area contributed by atoms with Gasteiger partial charge in [-0.25, -0.2) is 0 Å². The predicted molar refractivity (Wildman–Crippen MR) is 191 cm³/mol. The summed E-state index contributed by atoms with van der Waals surface area (Å²) in [5.74, 6) is 5.48. The molecule has 0 aromatic rings. The van der Waals surface area contributed by atoms with Crippen LogP contribution in [0.15, 0.2) is 23.3 Å². The largest absolute Gasteiger partial charge is 0.299 e. The summed E-state index contributed by atoms with van der Waals surface area (Å²) in [6, 6.07) is 0. The van der Waals surface area contributed by atoms with E-state index in [0.717, 1.165) is 48.3 Å². The predicted octanol–water partition coefficient (Wildman–Crippen LogP) is 14.1. The van der Waals surface area contributed by atoms with Crippen molar-refractivity contribution in [2.45, 2.75) is 198 Å². The smallest absolute Gasteiger partial charge is 0.140 e. The van der Waals surface area contributed by atoms with Crippen molar-refractivity contribution in [1.82, 2.24) is 0 Å². The molecule has 0 radical (unpaired) electrons. The standard InChI is InChI=1S/C41H78O/c1-33(2)17-11-19-35(5)21-13-23-37(7)25-15-27-39(9)29-31-41(42)32-30-40(10)28-16-26-38(8)24-14-22-36(6)20-12-18-34(3)4/h29-30,33-38H,11-28,31-32H2,1-10H3/b39-29+,40-30+/t35-,36+,37-,38+. The average molecular weight is 587 g/mol. The number of hydrogen-bond donors (Lipinski definition) is 0. The zero-order valence-electron chi connectivity index (χ0n) is 30.7. The minimum absolute atomic E-state index is 0.362. The van der Waals surface area contributed by atoms with Gasteiger partial charge in [-0.3, -0.25) is 4.79 Å². The van der Waals surface area contributed by atoms with E-state index in [1.807, 2.05) is 0 Å². The normalized spacial score (nSPS) is 15.8. The van der Waals surface area contributed by atoms with Gasteiger partial charge in [-0.2, -0.15) is 0 Å². The third kappa shape index (κ3) is 28.0. The minimum atomic E-state index is 0.362. The highest BCUT2D eigenvalue weighted by Gasteiger charge is 2.08. The van der Waals surface area contributed by atoms with E-state index in [2.05, 4.69) is 81.4 Å². The number of carbonyl (C=O) groups is 1. The molecule has 0 unspecified atom stereocenters. The van der Waals surface area contributed by atoms with E-state index in [9.17, 15) is 4.79 Å². The Hall–Kier alpha value is -0.850. The lowest BCUT2D eigenvalue weighted by Gasteiger charge is -2.15. The first kappa shape index (κ1) is 41.1. The van der Waals surface area contributed by atoms with Crippen LogP contribution in [0.25, 0.3) is 0 Å². The van der Waals surface area contributed by atoms with E-state index < -0.39 is 0 Å². The molecule has 0 spiro atoms. The van der Waals surface area contributed by atoms with Crippen LogP contribution in [0.2, 0.25) is 0 Å². The Morgan fingerprint density at radius 2 is 0.690 bits per heavy atom. The van der Waals surface area contributed by atoms with E-state index in [-0.39, 0.29) is 0 Å². The van der Waals surface area contributed by atoms with Gasteiger partial charge in [0.15, 0.2) is 0 Å². The summed E-state index contributed by atoms with van der Waals surface area (Å²) in [4.78, 5) is 12.5. The van der Waals surface area contributed by atoms with Crippen molar-refractivity contribution in [3.05, 3.63) is 23.3 Å². The Labute approximate surface area is 266 Å². The van der Waals surface area contributed by atoms with Gasteiger partial charge in [0.1, 0.15) is 5.78 Å². The molecule has 0 aromatic heterocycles. The lowest BCUT2D eigenvalue weighted by atomic mass is 9.91. The molecule has 0 fully saturated rings. The van der Waals surface area contributed by atoms with Crippen molar-refractivity contribution in [1.29, 1.82) is 0 Å². The second kappa shape index (κ2) is 26.5. The van der Waals surface area contributed by atoms with E-state index in [0.29, 0.717) is 18.6 Å². The Morgan fingerprint density at radius 3 is 0.976 bits per heavy atom. The maximum atomic E-state index is 12.5.